The highest BCUT2D eigenvalue weighted by Gasteiger charge is 2.16. The van der Waals surface area contributed by atoms with Gasteiger partial charge in [-0.25, -0.2) is 13.2 Å². The summed E-state index contributed by atoms with van der Waals surface area (Å²) < 4.78 is 39.4. The lowest BCUT2D eigenvalue weighted by molar-refractivity contribution is 0.102. The largest absolute Gasteiger partial charge is 0.397 e. The summed E-state index contributed by atoms with van der Waals surface area (Å²) in [7, 11) is 0. The third-order valence-electron chi connectivity index (χ3n) is 2.34. The van der Waals surface area contributed by atoms with Crippen LogP contribution in [0.25, 0.3) is 0 Å². The molecule has 0 fully saturated rings. The van der Waals surface area contributed by atoms with E-state index in [1.807, 2.05) is 5.32 Å². The van der Waals surface area contributed by atoms with Crippen molar-refractivity contribution in [2.45, 2.75) is 0 Å². The minimum atomic E-state index is -1.21. The van der Waals surface area contributed by atoms with Crippen LogP contribution in [0, 0.1) is 17.5 Å². The smallest absolute Gasteiger partial charge is 0.258 e. The maximum atomic E-state index is 13.3. The number of nitrogens with two attached hydrogens (primary N) is 1. The van der Waals surface area contributed by atoms with Crippen molar-refractivity contribution >= 4 is 17.3 Å². The van der Waals surface area contributed by atoms with Gasteiger partial charge in [0.2, 0.25) is 0 Å². The Labute approximate surface area is 106 Å². The molecule has 4 nitrogen and oxygen atoms in total. The van der Waals surface area contributed by atoms with Crippen molar-refractivity contribution in [1.82, 2.24) is 4.98 Å². The van der Waals surface area contributed by atoms with Crippen molar-refractivity contribution in [3.05, 3.63) is 53.6 Å². The number of hydrogen-bond donors (Lipinski definition) is 2. The van der Waals surface area contributed by atoms with Crippen LogP contribution in [-0.2, 0) is 0 Å². The first kappa shape index (κ1) is 12.9. The standard InChI is InChI=1S/C12H8F3N3O/c13-6-3-8(14)11(9(15)4-6)18-12(19)7-1-2-17-5-10(7)16/h1-5H,16H2,(H,18,19). The minimum Gasteiger partial charge on any atom is -0.397 e. The molecule has 3 N–H and O–H groups in total. The van der Waals surface area contributed by atoms with Crippen molar-refractivity contribution in [2.24, 2.45) is 0 Å². The number of anilines is 2. The molecule has 0 aliphatic heterocycles. The second kappa shape index (κ2) is 4.97. The molecule has 0 radical (unpaired) electrons. The lowest BCUT2D eigenvalue weighted by Gasteiger charge is -2.09. The topological polar surface area (TPSA) is 68.0 Å². The Morgan fingerprint density at radius 2 is 1.84 bits per heavy atom. The van der Waals surface area contributed by atoms with Crippen LogP contribution < -0.4 is 11.1 Å². The summed E-state index contributed by atoms with van der Waals surface area (Å²) in [4.78, 5) is 15.5. The van der Waals surface area contributed by atoms with Gasteiger partial charge in [-0.15, -0.1) is 0 Å². The Kier molecular flexibility index (Phi) is 3.37. The normalized spacial score (nSPS) is 10.3. The van der Waals surface area contributed by atoms with Gasteiger partial charge in [-0.05, 0) is 6.07 Å². The van der Waals surface area contributed by atoms with Gasteiger partial charge in [0, 0.05) is 18.3 Å². The average Bonchev–Trinajstić information content (AvgIpc) is 2.34. The summed E-state index contributed by atoms with van der Waals surface area (Å²) in [5.41, 5.74) is 4.84. The lowest BCUT2D eigenvalue weighted by Crippen LogP contribution is -2.16. The number of amides is 1. The zero-order valence-electron chi connectivity index (χ0n) is 9.45. The summed E-state index contributed by atoms with van der Waals surface area (Å²) in [6, 6.07) is 2.23. The van der Waals surface area contributed by atoms with E-state index >= 15 is 0 Å². The van der Waals surface area contributed by atoms with Crippen LogP contribution >= 0.6 is 0 Å². The molecule has 19 heavy (non-hydrogen) atoms. The Morgan fingerprint density at radius 3 is 2.42 bits per heavy atom. The van der Waals surface area contributed by atoms with E-state index in [1.165, 1.54) is 18.5 Å². The second-order valence-electron chi connectivity index (χ2n) is 3.66. The molecule has 2 aromatic rings. The molecule has 7 heteroatoms. The van der Waals surface area contributed by atoms with Crippen LogP contribution in [0.3, 0.4) is 0 Å². The average molecular weight is 267 g/mol. The van der Waals surface area contributed by atoms with Gasteiger partial charge in [0.25, 0.3) is 5.91 Å². The number of nitrogens with zero attached hydrogens (tertiary/aromatic N) is 1. The third-order valence-corrected chi connectivity index (χ3v) is 2.34. The molecular formula is C12H8F3N3O. The van der Waals surface area contributed by atoms with Gasteiger partial charge in [-0.2, -0.15) is 0 Å². The number of rotatable bonds is 2. The molecule has 0 atom stereocenters. The molecule has 1 amide bonds. The molecule has 0 saturated heterocycles. The molecule has 1 aromatic heterocycles. The van der Waals surface area contributed by atoms with Gasteiger partial charge in [-0.1, -0.05) is 0 Å². The van der Waals surface area contributed by atoms with Gasteiger partial charge in [0.05, 0.1) is 17.4 Å². The molecule has 0 unspecified atom stereocenters. The number of carbonyl (C=O) groups excluding carboxylic acids is 1. The highest BCUT2D eigenvalue weighted by atomic mass is 19.1. The van der Waals surface area contributed by atoms with Gasteiger partial charge >= 0.3 is 0 Å². The van der Waals surface area contributed by atoms with E-state index in [2.05, 4.69) is 4.98 Å². The molecule has 0 aliphatic rings. The van der Waals surface area contributed by atoms with Gasteiger partial charge < -0.3 is 11.1 Å². The first-order valence-corrected chi connectivity index (χ1v) is 5.14. The number of hydrogen-bond acceptors (Lipinski definition) is 3. The van der Waals surface area contributed by atoms with Crippen molar-refractivity contribution in [3.8, 4) is 0 Å². The quantitative estimate of drug-likeness (QED) is 0.877. The van der Waals surface area contributed by atoms with E-state index in [-0.39, 0.29) is 11.3 Å². The highest BCUT2D eigenvalue weighted by Crippen LogP contribution is 2.21. The van der Waals surface area contributed by atoms with Crippen LogP contribution in [0.2, 0.25) is 0 Å². The van der Waals surface area contributed by atoms with E-state index in [0.29, 0.717) is 12.1 Å². The Bertz CT molecular complexity index is 623. The molecule has 1 aromatic carbocycles. The maximum absolute atomic E-state index is 13.3. The lowest BCUT2D eigenvalue weighted by atomic mass is 10.2. The van der Waals surface area contributed by atoms with E-state index in [4.69, 9.17) is 5.73 Å². The number of nitrogen functional groups attached to an aromatic ring is 1. The van der Waals surface area contributed by atoms with Crippen molar-refractivity contribution in [2.75, 3.05) is 11.1 Å². The van der Waals surface area contributed by atoms with E-state index < -0.39 is 29.0 Å². The summed E-state index contributed by atoms with van der Waals surface area (Å²) in [5.74, 6) is -4.31. The molecule has 0 aliphatic carbocycles. The minimum absolute atomic E-state index is 0.0122. The van der Waals surface area contributed by atoms with E-state index in [1.54, 1.807) is 0 Å². The van der Waals surface area contributed by atoms with Crippen molar-refractivity contribution in [1.29, 1.82) is 0 Å². The molecule has 98 valence electrons. The monoisotopic (exact) mass is 267 g/mol. The predicted octanol–water partition coefficient (Wildman–Crippen LogP) is 2.33. The van der Waals surface area contributed by atoms with Crippen molar-refractivity contribution in [3.63, 3.8) is 0 Å². The summed E-state index contributed by atoms with van der Waals surface area (Å²) in [6.45, 7) is 0. The maximum Gasteiger partial charge on any atom is 0.258 e. The Morgan fingerprint density at radius 1 is 1.21 bits per heavy atom. The fourth-order valence-electron chi connectivity index (χ4n) is 1.46. The fraction of sp³-hybridized carbons (Fsp3) is 0. The molecule has 1 heterocycles. The first-order chi connectivity index (χ1) is 8.99. The molecule has 2 rings (SSSR count). The summed E-state index contributed by atoms with van der Waals surface area (Å²) in [5, 5.41) is 2.00. The Hall–Kier alpha value is -2.57. The summed E-state index contributed by atoms with van der Waals surface area (Å²) in [6.07, 6.45) is 2.54. The van der Waals surface area contributed by atoms with E-state index in [0.717, 1.165) is 0 Å². The fourth-order valence-corrected chi connectivity index (χ4v) is 1.46. The molecule has 0 spiro atoms. The summed E-state index contributed by atoms with van der Waals surface area (Å²) >= 11 is 0. The number of carbonyl (C=O) groups is 1. The van der Waals surface area contributed by atoms with E-state index in [9.17, 15) is 18.0 Å². The zero-order chi connectivity index (χ0) is 14.0. The zero-order valence-corrected chi connectivity index (χ0v) is 9.45. The Balaban J connectivity index is 2.32. The van der Waals surface area contributed by atoms with Crippen LogP contribution in [-0.4, -0.2) is 10.9 Å². The first-order valence-electron chi connectivity index (χ1n) is 5.14. The van der Waals surface area contributed by atoms with Crippen LogP contribution in [0.4, 0.5) is 24.5 Å². The van der Waals surface area contributed by atoms with Crippen molar-refractivity contribution < 1.29 is 18.0 Å². The number of pyridine rings is 1. The van der Waals surface area contributed by atoms with Gasteiger partial charge in [-0.3, -0.25) is 9.78 Å². The van der Waals surface area contributed by atoms with Crippen LogP contribution in [0.15, 0.2) is 30.6 Å². The third kappa shape index (κ3) is 2.65. The molecular weight excluding hydrogens is 259 g/mol. The number of halogens is 3. The number of benzene rings is 1. The SMILES string of the molecule is Nc1cnccc1C(=O)Nc1c(F)cc(F)cc1F. The number of aromatic nitrogens is 1. The number of nitrogens with one attached hydrogen (secondary N) is 1. The molecule has 0 bridgehead atoms. The van der Waals surface area contributed by atoms with Gasteiger partial charge in [0.1, 0.15) is 11.5 Å². The molecule has 0 saturated carbocycles. The highest BCUT2D eigenvalue weighted by molar-refractivity contribution is 6.07. The van der Waals surface area contributed by atoms with Crippen LogP contribution in [0.5, 0.6) is 0 Å². The van der Waals surface area contributed by atoms with Crippen LogP contribution in [0.1, 0.15) is 10.4 Å². The predicted molar refractivity (Wildman–Crippen MR) is 62.9 cm³/mol. The second-order valence-corrected chi connectivity index (χ2v) is 3.66. The van der Waals surface area contributed by atoms with Gasteiger partial charge in [0.15, 0.2) is 11.6 Å².